The molecule has 0 amide bonds. The number of hydrogen-bond donors (Lipinski definition) is 0. The van der Waals surface area contributed by atoms with Gasteiger partial charge in [-0.1, -0.05) is 334 Å². The molecular formula is C126H78N6O2S. The van der Waals surface area contributed by atoms with Crippen molar-refractivity contribution in [2.45, 2.75) is 0 Å². The summed E-state index contributed by atoms with van der Waals surface area (Å²) < 4.78 is 29.9. The highest BCUT2D eigenvalue weighted by Gasteiger charge is 2.27. The van der Waals surface area contributed by atoms with Gasteiger partial charge in [-0.2, -0.15) is 0 Å². The number of thiophene rings is 1. The summed E-state index contributed by atoms with van der Waals surface area (Å²) in [5.41, 5.74) is 32.2. The van der Waals surface area contributed by atoms with Crippen molar-refractivity contribution in [3.8, 4) is 67.5 Å². The Kier molecular flexibility index (Phi) is 17.2. The van der Waals surface area contributed by atoms with E-state index in [-0.39, 0.29) is 0 Å². The van der Waals surface area contributed by atoms with Crippen LogP contribution < -0.4 is 0 Å². The van der Waals surface area contributed by atoms with E-state index < -0.39 is 0 Å². The first-order valence-electron chi connectivity index (χ1n) is 46.1. The summed E-state index contributed by atoms with van der Waals surface area (Å²) in [6.07, 6.45) is 0. The molecule has 0 aliphatic carbocycles. The Morgan fingerprint density at radius 2 is 0.407 bits per heavy atom. The minimum Gasteiger partial charge on any atom is -0.456 e. The molecule has 0 radical (unpaired) electrons. The molecule has 8 nitrogen and oxygen atoms in total. The molecule has 135 heavy (non-hydrogen) atoms. The van der Waals surface area contributed by atoms with E-state index >= 15 is 0 Å². The molecule has 0 aliphatic heterocycles. The van der Waals surface area contributed by atoms with Crippen LogP contribution in [-0.2, 0) is 0 Å². The zero-order valence-corrected chi connectivity index (χ0v) is 73.8. The number of fused-ring (bicyclic) bond motifs is 30. The molecule has 0 fully saturated rings. The fraction of sp³-hybridized carbons (Fsp3) is 0. The van der Waals surface area contributed by atoms with Gasteiger partial charge in [-0.05, 0) is 167 Å². The molecule has 0 saturated carbocycles. The smallest absolute Gasteiger partial charge is 0.143 e. The molecular weight excluding hydrogens is 1660 g/mol. The van der Waals surface area contributed by atoms with Gasteiger partial charge >= 0.3 is 0 Å². The van der Waals surface area contributed by atoms with Gasteiger partial charge < -0.3 is 36.2 Å². The van der Waals surface area contributed by atoms with Gasteiger partial charge in [0.1, 0.15) is 22.3 Å². The average molecular weight is 1740 g/mol. The highest BCUT2D eigenvalue weighted by atomic mass is 32.1. The van der Waals surface area contributed by atoms with E-state index in [4.69, 9.17) is 8.83 Å². The van der Waals surface area contributed by atoms with E-state index in [9.17, 15) is 0 Å². The Morgan fingerprint density at radius 1 is 0.148 bits per heavy atom. The van der Waals surface area contributed by atoms with Crippen LogP contribution in [0.1, 0.15) is 0 Å². The number of hydrogen-bond acceptors (Lipinski definition) is 3. The van der Waals surface area contributed by atoms with Crippen molar-refractivity contribution in [2.75, 3.05) is 0 Å². The summed E-state index contributed by atoms with van der Waals surface area (Å²) in [7, 11) is 0. The summed E-state index contributed by atoms with van der Waals surface area (Å²) in [5, 5.41) is 22.3. The van der Waals surface area contributed by atoms with Gasteiger partial charge in [0.05, 0.1) is 66.2 Å². The third kappa shape index (κ3) is 11.7. The van der Waals surface area contributed by atoms with Crippen LogP contribution in [0.3, 0.4) is 0 Å². The minimum absolute atomic E-state index is 0.913. The lowest BCUT2D eigenvalue weighted by atomic mass is 9.99. The summed E-state index contributed by atoms with van der Waals surface area (Å²) in [6.45, 7) is 0. The third-order valence-corrected chi connectivity index (χ3v) is 29.1. The van der Waals surface area contributed by atoms with Crippen molar-refractivity contribution < 1.29 is 8.83 Å². The molecule has 30 rings (SSSR count). The van der Waals surface area contributed by atoms with Crippen LogP contribution in [0.4, 0.5) is 0 Å². The van der Waals surface area contributed by atoms with E-state index in [1.165, 1.54) is 179 Å². The summed E-state index contributed by atoms with van der Waals surface area (Å²) >= 11 is 1.87. The van der Waals surface area contributed by atoms with Crippen molar-refractivity contribution in [3.63, 3.8) is 0 Å². The average Bonchev–Trinajstić information content (AvgIpc) is 1.55. The second-order valence-corrected chi connectivity index (χ2v) is 36.3. The summed E-state index contributed by atoms with van der Waals surface area (Å²) in [4.78, 5) is 0. The Morgan fingerprint density at radius 3 is 0.793 bits per heavy atom. The molecule has 0 N–H and O–H groups in total. The first-order valence-corrected chi connectivity index (χ1v) is 46.9. The highest BCUT2D eigenvalue weighted by molar-refractivity contribution is 7.26. The number of nitrogens with zero attached hydrogens (tertiary/aromatic N) is 6. The molecule has 9 heterocycles. The van der Waals surface area contributed by atoms with Gasteiger partial charge in [0, 0.05) is 146 Å². The van der Waals surface area contributed by atoms with Gasteiger partial charge in [0.25, 0.3) is 0 Å². The molecule has 30 aromatic rings. The maximum Gasteiger partial charge on any atom is 0.143 e. The number of benzene rings is 21. The second-order valence-electron chi connectivity index (χ2n) is 35.2. The van der Waals surface area contributed by atoms with Gasteiger partial charge in [0.15, 0.2) is 0 Å². The molecule has 9 heteroatoms. The zero-order valence-electron chi connectivity index (χ0n) is 72.9. The number of rotatable bonds is 9. The van der Waals surface area contributed by atoms with Gasteiger partial charge in [-0.3, -0.25) is 0 Å². The van der Waals surface area contributed by atoms with Gasteiger partial charge in [-0.15, -0.1) is 11.3 Å². The zero-order chi connectivity index (χ0) is 88.5. The normalized spacial score (nSPS) is 12.0. The van der Waals surface area contributed by atoms with E-state index in [1.807, 2.05) is 35.6 Å². The van der Waals surface area contributed by atoms with Crippen LogP contribution in [-0.4, -0.2) is 27.4 Å². The standard InChI is InChI=1S/2C42H26N2O.C42H26N2S/c1-2-11-28(12-3-1)43-37-18-7-4-13-31(37)34-25-26-35-32-14-5-8-19-38(32)44(41(35)40(34)43)29-23-21-27(22-24-29)30-16-10-17-36-33-15-6-9-20-39(33)45-42(30)36;2*1-2-11-28(12-3-1)43-36-17-7-4-13-31(36)33-25-26-34-32-14-5-8-18-37(32)44(42(34)41(33)43)29-23-21-27(22-24-29)30-16-10-20-39-40(30)35-15-6-9-19-38(35)45-39/h3*1-26H. The van der Waals surface area contributed by atoms with Gasteiger partial charge in [0.2, 0.25) is 0 Å². The van der Waals surface area contributed by atoms with Crippen LogP contribution in [0.25, 0.3) is 262 Å². The van der Waals surface area contributed by atoms with E-state index in [1.54, 1.807) is 0 Å². The van der Waals surface area contributed by atoms with Crippen LogP contribution in [0.5, 0.6) is 0 Å². The summed E-state index contributed by atoms with van der Waals surface area (Å²) in [5.74, 6) is 0. The van der Waals surface area contributed by atoms with Gasteiger partial charge in [-0.25, -0.2) is 0 Å². The van der Waals surface area contributed by atoms with E-state index in [0.29, 0.717) is 0 Å². The van der Waals surface area contributed by atoms with Crippen molar-refractivity contribution in [3.05, 3.63) is 473 Å². The molecule has 9 aromatic heterocycles. The Hall–Kier alpha value is -17.8. The SMILES string of the molecule is c1ccc(-n2c3ccccc3c3ccc4c5ccccc5n(-c5ccc(-c6cccc7c6oc6ccccc67)cc5)c4c32)cc1.c1ccc(-n2c3ccccc3c3ccc4c5ccccc5n(-c5ccc(-c6cccc7oc8ccccc8c67)cc5)c4c32)cc1.c1ccc(-n2c3ccccc3c3ccc4c5ccccc5n(-c5ccc(-c6cccc7sc8ccccc8c67)cc5)c4c32)cc1. The van der Waals surface area contributed by atoms with Crippen LogP contribution in [0.15, 0.2) is 482 Å². The van der Waals surface area contributed by atoms with Crippen LogP contribution in [0.2, 0.25) is 0 Å². The number of furan rings is 2. The van der Waals surface area contributed by atoms with E-state index in [2.05, 4.69) is 476 Å². The maximum absolute atomic E-state index is 6.38. The minimum atomic E-state index is 0.913. The molecule has 0 unspecified atom stereocenters. The number of para-hydroxylation sites is 12. The highest BCUT2D eigenvalue weighted by Crippen LogP contribution is 2.49. The Labute approximate surface area is 777 Å². The molecule has 21 aromatic carbocycles. The molecule has 0 bridgehead atoms. The molecule has 0 aliphatic rings. The van der Waals surface area contributed by atoms with Crippen LogP contribution in [0, 0.1) is 0 Å². The van der Waals surface area contributed by atoms with Crippen molar-refractivity contribution in [1.82, 2.24) is 27.4 Å². The fourth-order valence-corrected chi connectivity index (χ4v) is 23.3. The molecule has 630 valence electrons. The quantitative estimate of drug-likeness (QED) is 0.145. The Bertz CT molecular complexity index is 9660. The lowest BCUT2D eigenvalue weighted by Gasteiger charge is -2.13. The topological polar surface area (TPSA) is 55.9 Å². The Balaban J connectivity index is 0.000000101. The first kappa shape index (κ1) is 76.1. The predicted octanol–water partition coefficient (Wildman–Crippen LogP) is 34.8. The molecule has 0 atom stereocenters. The number of aromatic nitrogens is 6. The maximum atomic E-state index is 6.38. The van der Waals surface area contributed by atoms with Crippen molar-refractivity contribution in [2.24, 2.45) is 0 Å². The largest absolute Gasteiger partial charge is 0.456 e. The van der Waals surface area contributed by atoms with Crippen LogP contribution >= 0.6 is 11.3 Å². The van der Waals surface area contributed by atoms with Crippen molar-refractivity contribution >= 4 is 206 Å². The van der Waals surface area contributed by atoms with Crippen molar-refractivity contribution in [1.29, 1.82) is 0 Å². The second kappa shape index (κ2) is 30.4. The fourth-order valence-electron chi connectivity index (χ4n) is 22.2. The first-order chi connectivity index (χ1) is 67.0. The summed E-state index contributed by atoms with van der Waals surface area (Å²) in [6, 6.07) is 171. The predicted molar refractivity (Wildman–Crippen MR) is 569 cm³/mol. The lowest BCUT2D eigenvalue weighted by molar-refractivity contribution is 0.669. The molecule has 0 saturated heterocycles. The third-order valence-electron chi connectivity index (χ3n) is 28.0. The van der Waals surface area contributed by atoms with E-state index in [0.717, 1.165) is 83.4 Å². The monoisotopic (exact) mass is 1740 g/mol. The molecule has 0 spiro atoms. The lowest BCUT2D eigenvalue weighted by Crippen LogP contribution is -1.98.